The molecule has 284 valence electrons. The Labute approximate surface area is 344 Å². The van der Waals surface area contributed by atoms with Crippen molar-refractivity contribution in [3.63, 3.8) is 0 Å². The number of aromatic nitrogens is 4. The SMILES string of the molecule is CC1(C)CCC(C)(C)c2cc3c(cc21)c1ccc2ccccc2c1n3-c1cccc(-c2nc(-c3ccccc3)nc(-c3ccc(-c4ccc5ccccc5c4)cc3)n2)c1. The third-order valence-corrected chi connectivity index (χ3v) is 12.9. The predicted molar refractivity (Wildman–Crippen MR) is 246 cm³/mol. The van der Waals surface area contributed by atoms with Crippen LogP contribution in [0.2, 0.25) is 0 Å². The van der Waals surface area contributed by atoms with Crippen LogP contribution < -0.4 is 0 Å². The smallest absolute Gasteiger partial charge is 0.164 e. The van der Waals surface area contributed by atoms with Crippen LogP contribution in [-0.4, -0.2) is 19.5 Å². The van der Waals surface area contributed by atoms with Crippen LogP contribution in [0.3, 0.4) is 0 Å². The minimum absolute atomic E-state index is 0.0764. The van der Waals surface area contributed by atoms with Crippen LogP contribution in [0, 0.1) is 0 Å². The highest BCUT2D eigenvalue weighted by Crippen LogP contribution is 2.49. The molecule has 8 aromatic carbocycles. The Morgan fingerprint density at radius 1 is 0.390 bits per heavy atom. The highest BCUT2D eigenvalue weighted by Gasteiger charge is 2.38. The molecule has 4 nitrogen and oxygen atoms in total. The third-order valence-electron chi connectivity index (χ3n) is 12.9. The second kappa shape index (κ2) is 13.3. The number of nitrogens with zero attached hydrogens (tertiary/aromatic N) is 4. The van der Waals surface area contributed by atoms with Gasteiger partial charge in [0.05, 0.1) is 11.0 Å². The van der Waals surface area contributed by atoms with Crippen molar-refractivity contribution in [2.24, 2.45) is 0 Å². The maximum atomic E-state index is 5.20. The van der Waals surface area contributed by atoms with Crippen molar-refractivity contribution in [1.82, 2.24) is 19.5 Å². The van der Waals surface area contributed by atoms with Gasteiger partial charge in [0, 0.05) is 38.5 Å². The van der Waals surface area contributed by atoms with E-state index in [1.807, 2.05) is 18.2 Å². The lowest BCUT2D eigenvalue weighted by Gasteiger charge is -2.42. The summed E-state index contributed by atoms with van der Waals surface area (Å²) < 4.78 is 2.49. The molecule has 0 aliphatic heterocycles. The molecule has 0 N–H and O–H groups in total. The average Bonchev–Trinajstić information content (AvgIpc) is 3.62. The summed E-state index contributed by atoms with van der Waals surface area (Å²) in [4.78, 5) is 15.4. The Kier molecular flexibility index (Phi) is 7.96. The predicted octanol–water partition coefficient (Wildman–Crippen LogP) is 14.3. The van der Waals surface area contributed by atoms with E-state index in [1.165, 1.54) is 66.5 Å². The van der Waals surface area contributed by atoms with Gasteiger partial charge < -0.3 is 4.57 Å². The largest absolute Gasteiger partial charge is 0.309 e. The van der Waals surface area contributed by atoms with Gasteiger partial charge in [0.15, 0.2) is 17.5 Å². The van der Waals surface area contributed by atoms with Crippen molar-refractivity contribution in [2.45, 2.75) is 51.4 Å². The molecule has 59 heavy (non-hydrogen) atoms. The quantitative estimate of drug-likeness (QED) is 0.175. The minimum Gasteiger partial charge on any atom is -0.309 e. The van der Waals surface area contributed by atoms with Gasteiger partial charge in [-0.1, -0.05) is 167 Å². The van der Waals surface area contributed by atoms with Crippen molar-refractivity contribution < 1.29 is 0 Å². The first-order valence-corrected chi connectivity index (χ1v) is 20.7. The van der Waals surface area contributed by atoms with Crippen molar-refractivity contribution in [3.05, 3.63) is 181 Å². The number of fused-ring (bicyclic) bond motifs is 7. The number of hydrogen-bond donors (Lipinski definition) is 0. The summed E-state index contributed by atoms with van der Waals surface area (Å²) in [7, 11) is 0. The zero-order chi connectivity index (χ0) is 39.9. The van der Waals surface area contributed by atoms with Gasteiger partial charge in [-0.3, -0.25) is 0 Å². The van der Waals surface area contributed by atoms with E-state index in [9.17, 15) is 0 Å². The topological polar surface area (TPSA) is 43.6 Å². The van der Waals surface area contributed by atoms with Crippen LogP contribution in [-0.2, 0) is 10.8 Å². The summed E-state index contributed by atoms with van der Waals surface area (Å²) in [6.45, 7) is 9.65. The zero-order valence-corrected chi connectivity index (χ0v) is 33.9. The first-order chi connectivity index (χ1) is 28.7. The van der Waals surface area contributed by atoms with E-state index < -0.39 is 0 Å². The van der Waals surface area contributed by atoms with Crippen LogP contribution in [0.15, 0.2) is 170 Å². The maximum absolute atomic E-state index is 5.20. The molecule has 10 aromatic rings. The van der Waals surface area contributed by atoms with Gasteiger partial charge in [-0.25, -0.2) is 15.0 Å². The van der Waals surface area contributed by atoms with E-state index in [0.29, 0.717) is 17.5 Å². The van der Waals surface area contributed by atoms with Gasteiger partial charge in [0.2, 0.25) is 0 Å². The van der Waals surface area contributed by atoms with Gasteiger partial charge in [-0.15, -0.1) is 0 Å². The lowest BCUT2D eigenvalue weighted by molar-refractivity contribution is 0.332. The maximum Gasteiger partial charge on any atom is 0.164 e. The third kappa shape index (κ3) is 5.93. The normalized spacial score (nSPS) is 14.6. The first kappa shape index (κ1) is 35.3. The summed E-state index contributed by atoms with van der Waals surface area (Å²) in [5, 5.41) is 7.50. The van der Waals surface area contributed by atoms with Crippen LogP contribution >= 0.6 is 0 Å². The average molecular weight is 761 g/mol. The molecule has 1 aliphatic carbocycles. The second-order valence-corrected chi connectivity index (χ2v) is 17.6. The molecule has 0 saturated carbocycles. The molecular weight excluding hydrogens is 717 g/mol. The monoisotopic (exact) mass is 760 g/mol. The molecule has 0 saturated heterocycles. The number of benzene rings is 8. The van der Waals surface area contributed by atoms with Crippen LogP contribution in [0.5, 0.6) is 0 Å². The Morgan fingerprint density at radius 2 is 0.949 bits per heavy atom. The summed E-state index contributed by atoms with van der Waals surface area (Å²) in [6.07, 6.45) is 2.34. The lowest BCUT2D eigenvalue weighted by Crippen LogP contribution is -2.33. The highest BCUT2D eigenvalue weighted by molar-refractivity contribution is 6.19. The molecule has 2 aromatic heterocycles. The van der Waals surface area contributed by atoms with Crippen molar-refractivity contribution >= 4 is 43.4 Å². The van der Waals surface area contributed by atoms with E-state index in [4.69, 9.17) is 15.0 Å². The summed E-state index contributed by atoms with van der Waals surface area (Å²) in [6, 6.07) is 61.1. The van der Waals surface area contributed by atoms with Gasteiger partial charge in [0.1, 0.15) is 0 Å². The number of hydrogen-bond acceptors (Lipinski definition) is 3. The van der Waals surface area contributed by atoms with E-state index in [2.05, 4.69) is 184 Å². The molecule has 4 heteroatoms. The van der Waals surface area contributed by atoms with Crippen LogP contribution in [0.25, 0.3) is 94.3 Å². The van der Waals surface area contributed by atoms with Gasteiger partial charge in [0.25, 0.3) is 0 Å². The molecule has 2 heterocycles. The molecule has 1 aliphatic rings. The minimum atomic E-state index is 0.0764. The molecule has 0 radical (unpaired) electrons. The summed E-state index contributed by atoms with van der Waals surface area (Å²) in [5.41, 5.74) is 11.8. The molecule has 0 atom stereocenters. The Bertz CT molecular complexity index is 3260. The first-order valence-electron chi connectivity index (χ1n) is 20.7. The van der Waals surface area contributed by atoms with Crippen molar-refractivity contribution in [1.29, 1.82) is 0 Å². The van der Waals surface area contributed by atoms with Crippen LogP contribution in [0.4, 0.5) is 0 Å². The molecular formula is C55H44N4. The zero-order valence-electron chi connectivity index (χ0n) is 33.9. The standard InChI is InChI=1S/C55H44N4/c1-54(2)29-30-55(3,4)48-34-49-46(33-47(48)54)45-28-27-37-14-10-11-20-44(37)50(45)59(49)43-19-12-18-42(32-43)53-57-51(38-15-6-5-7-16-38)56-52(58-53)39-24-21-36(22-25-39)41-26-23-35-13-8-9-17-40(35)31-41/h5-28,31-34H,29-30H2,1-4H3. The molecule has 11 rings (SSSR count). The molecule has 0 spiro atoms. The van der Waals surface area contributed by atoms with Crippen LogP contribution in [0.1, 0.15) is 51.7 Å². The van der Waals surface area contributed by atoms with E-state index >= 15 is 0 Å². The fraction of sp³-hybridized carbons (Fsp3) is 0.145. The Hall–Kier alpha value is -6.91. The van der Waals surface area contributed by atoms with Crippen molar-refractivity contribution in [3.8, 4) is 51.0 Å². The van der Waals surface area contributed by atoms with Gasteiger partial charge in [-0.05, 0) is 92.4 Å². The second-order valence-electron chi connectivity index (χ2n) is 17.6. The Balaban J connectivity index is 1.09. The van der Waals surface area contributed by atoms with E-state index in [0.717, 1.165) is 34.4 Å². The lowest BCUT2D eigenvalue weighted by atomic mass is 9.63. The number of rotatable bonds is 5. The van der Waals surface area contributed by atoms with Crippen molar-refractivity contribution in [2.75, 3.05) is 0 Å². The molecule has 0 fully saturated rings. The summed E-state index contributed by atoms with van der Waals surface area (Å²) >= 11 is 0. The molecule has 0 amide bonds. The summed E-state index contributed by atoms with van der Waals surface area (Å²) in [5.74, 6) is 1.93. The fourth-order valence-electron chi connectivity index (χ4n) is 9.42. The highest BCUT2D eigenvalue weighted by atomic mass is 15.0. The molecule has 0 unspecified atom stereocenters. The van der Waals surface area contributed by atoms with Gasteiger partial charge >= 0.3 is 0 Å². The van der Waals surface area contributed by atoms with Gasteiger partial charge in [-0.2, -0.15) is 0 Å². The Morgan fingerprint density at radius 3 is 1.69 bits per heavy atom. The fourth-order valence-corrected chi connectivity index (χ4v) is 9.42. The van der Waals surface area contributed by atoms with E-state index in [-0.39, 0.29) is 10.8 Å². The molecule has 0 bridgehead atoms. The van der Waals surface area contributed by atoms with E-state index in [1.54, 1.807) is 0 Å².